The van der Waals surface area contributed by atoms with Gasteiger partial charge in [0, 0.05) is 11.5 Å². The summed E-state index contributed by atoms with van der Waals surface area (Å²) in [7, 11) is 0. The van der Waals surface area contributed by atoms with Crippen LogP contribution in [0.1, 0.15) is 18.4 Å². The molecule has 0 atom stereocenters. The summed E-state index contributed by atoms with van der Waals surface area (Å²) in [5.41, 5.74) is 0.508. The van der Waals surface area contributed by atoms with E-state index in [9.17, 15) is 4.39 Å². The molecule has 1 aliphatic rings. The first kappa shape index (κ1) is 9.90. The molecule has 1 fully saturated rings. The van der Waals surface area contributed by atoms with Gasteiger partial charge in [0.2, 0.25) is 5.88 Å². The van der Waals surface area contributed by atoms with Gasteiger partial charge in [-0.05, 0) is 24.8 Å². The molecule has 2 rings (SSSR count). The summed E-state index contributed by atoms with van der Waals surface area (Å²) >= 11 is 3.22. The molecule has 2 nitrogen and oxygen atoms in total. The number of aromatic nitrogens is 1. The average molecular weight is 260 g/mol. The number of pyridine rings is 1. The van der Waals surface area contributed by atoms with E-state index in [-0.39, 0.29) is 5.82 Å². The van der Waals surface area contributed by atoms with E-state index in [2.05, 4.69) is 20.9 Å². The monoisotopic (exact) mass is 259 g/mol. The Hall–Kier alpha value is -0.640. The number of alkyl halides is 1. The summed E-state index contributed by atoms with van der Waals surface area (Å²) in [5.74, 6) is 0.819. The summed E-state index contributed by atoms with van der Waals surface area (Å²) in [6.45, 7) is 0.663. The molecular formula is C10H11BrFNO. The highest BCUT2D eigenvalue weighted by Crippen LogP contribution is 2.30. The third kappa shape index (κ3) is 2.23. The van der Waals surface area contributed by atoms with E-state index < -0.39 is 0 Å². The van der Waals surface area contributed by atoms with Gasteiger partial charge in [-0.1, -0.05) is 15.9 Å². The Morgan fingerprint density at radius 2 is 2.36 bits per heavy atom. The summed E-state index contributed by atoms with van der Waals surface area (Å²) < 4.78 is 18.7. The molecule has 0 unspecified atom stereocenters. The smallest absolute Gasteiger partial charge is 0.220 e. The van der Waals surface area contributed by atoms with Crippen molar-refractivity contribution in [2.24, 2.45) is 5.92 Å². The van der Waals surface area contributed by atoms with E-state index in [1.807, 2.05) is 0 Å². The third-order valence-corrected chi connectivity index (χ3v) is 2.81. The molecule has 0 N–H and O–H groups in total. The fourth-order valence-corrected chi connectivity index (χ4v) is 1.69. The minimum absolute atomic E-state index is 0.261. The summed E-state index contributed by atoms with van der Waals surface area (Å²) in [6.07, 6.45) is 3.88. The van der Waals surface area contributed by atoms with Gasteiger partial charge < -0.3 is 4.74 Å². The molecule has 1 aliphatic carbocycles. The molecule has 14 heavy (non-hydrogen) atoms. The van der Waals surface area contributed by atoms with Crippen LogP contribution in [-0.4, -0.2) is 11.6 Å². The Balaban J connectivity index is 2.09. The predicted octanol–water partition coefficient (Wildman–Crippen LogP) is 2.90. The van der Waals surface area contributed by atoms with E-state index in [0.717, 1.165) is 0 Å². The number of rotatable bonds is 4. The van der Waals surface area contributed by atoms with Crippen LogP contribution in [0.3, 0.4) is 0 Å². The normalized spacial score (nSPS) is 15.6. The van der Waals surface area contributed by atoms with Crippen LogP contribution in [0.4, 0.5) is 4.39 Å². The van der Waals surface area contributed by atoms with Gasteiger partial charge in [0.05, 0.1) is 12.2 Å². The van der Waals surface area contributed by atoms with Crippen LogP contribution in [0.5, 0.6) is 5.88 Å². The average Bonchev–Trinajstić information content (AvgIpc) is 2.98. The Labute approximate surface area is 90.6 Å². The second-order valence-corrected chi connectivity index (χ2v) is 4.03. The molecule has 0 saturated heterocycles. The molecule has 0 aliphatic heterocycles. The molecule has 1 aromatic heterocycles. The van der Waals surface area contributed by atoms with Gasteiger partial charge in [-0.15, -0.1) is 0 Å². The molecule has 1 saturated carbocycles. The van der Waals surface area contributed by atoms with E-state index in [0.29, 0.717) is 29.3 Å². The van der Waals surface area contributed by atoms with Gasteiger partial charge >= 0.3 is 0 Å². The zero-order chi connectivity index (χ0) is 9.97. The maximum absolute atomic E-state index is 13.2. The van der Waals surface area contributed by atoms with Crippen LogP contribution < -0.4 is 4.74 Å². The Morgan fingerprint density at radius 3 is 3.00 bits per heavy atom. The number of nitrogens with zero attached hydrogens (tertiary/aromatic N) is 1. The topological polar surface area (TPSA) is 22.1 Å². The second kappa shape index (κ2) is 4.26. The molecule has 0 aromatic carbocycles. The minimum atomic E-state index is -0.261. The first-order chi connectivity index (χ1) is 6.81. The lowest BCUT2D eigenvalue weighted by Crippen LogP contribution is -2.04. The molecule has 0 amide bonds. The number of ether oxygens (including phenoxy) is 1. The fourth-order valence-electron chi connectivity index (χ4n) is 1.18. The molecular weight excluding hydrogens is 249 g/mol. The van der Waals surface area contributed by atoms with Crippen molar-refractivity contribution in [1.29, 1.82) is 0 Å². The zero-order valence-electron chi connectivity index (χ0n) is 7.67. The van der Waals surface area contributed by atoms with Gasteiger partial charge in [-0.25, -0.2) is 9.37 Å². The van der Waals surface area contributed by atoms with Crippen molar-refractivity contribution < 1.29 is 9.13 Å². The van der Waals surface area contributed by atoms with Gasteiger partial charge in [-0.3, -0.25) is 0 Å². The summed E-state index contributed by atoms with van der Waals surface area (Å²) in [4.78, 5) is 4.02. The lowest BCUT2D eigenvalue weighted by atomic mass is 10.3. The van der Waals surface area contributed by atoms with Gasteiger partial charge in [0.25, 0.3) is 0 Å². The van der Waals surface area contributed by atoms with Gasteiger partial charge in [0.15, 0.2) is 0 Å². The van der Waals surface area contributed by atoms with Crippen LogP contribution in [0.2, 0.25) is 0 Å². The fraction of sp³-hybridized carbons (Fsp3) is 0.500. The Bertz CT molecular complexity index is 328. The molecule has 1 heterocycles. The first-order valence-corrected chi connectivity index (χ1v) is 5.75. The highest BCUT2D eigenvalue weighted by molar-refractivity contribution is 9.08. The Morgan fingerprint density at radius 1 is 1.57 bits per heavy atom. The molecule has 0 radical (unpaired) electrons. The maximum atomic E-state index is 13.2. The number of hydrogen-bond acceptors (Lipinski definition) is 2. The van der Waals surface area contributed by atoms with Gasteiger partial charge in [0.1, 0.15) is 5.82 Å². The lowest BCUT2D eigenvalue weighted by molar-refractivity contribution is 0.284. The van der Waals surface area contributed by atoms with Crippen LogP contribution in [0.15, 0.2) is 12.3 Å². The molecule has 1 aromatic rings. The van der Waals surface area contributed by atoms with Crippen molar-refractivity contribution in [2.75, 3.05) is 6.61 Å². The maximum Gasteiger partial charge on any atom is 0.220 e. The third-order valence-electron chi connectivity index (χ3n) is 2.25. The standard InChI is InChI=1S/C10H11BrFNO/c11-5-8-9(12)3-4-13-10(8)14-6-7-1-2-7/h3-4,7H,1-2,5-6H2. The highest BCUT2D eigenvalue weighted by atomic mass is 79.9. The van der Waals surface area contributed by atoms with Crippen LogP contribution in [0, 0.1) is 11.7 Å². The van der Waals surface area contributed by atoms with E-state index >= 15 is 0 Å². The van der Waals surface area contributed by atoms with Crippen molar-refractivity contribution in [3.05, 3.63) is 23.6 Å². The SMILES string of the molecule is Fc1ccnc(OCC2CC2)c1CBr. The van der Waals surface area contributed by atoms with Crippen LogP contribution in [-0.2, 0) is 5.33 Å². The van der Waals surface area contributed by atoms with E-state index in [1.165, 1.54) is 25.1 Å². The highest BCUT2D eigenvalue weighted by Gasteiger charge is 2.23. The molecule has 0 bridgehead atoms. The second-order valence-electron chi connectivity index (χ2n) is 3.46. The largest absolute Gasteiger partial charge is 0.477 e. The molecule has 76 valence electrons. The Kier molecular flexibility index (Phi) is 3.01. The number of hydrogen-bond donors (Lipinski definition) is 0. The van der Waals surface area contributed by atoms with Gasteiger partial charge in [-0.2, -0.15) is 0 Å². The van der Waals surface area contributed by atoms with Crippen molar-refractivity contribution in [3.8, 4) is 5.88 Å². The lowest BCUT2D eigenvalue weighted by Gasteiger charge is -2.08. The molecule has 4 heteroatoms. The summed E-state index contributed by atoms with van der Waals surface area (Å²) in [5, 5.41) is 0.437. The van der Waals surface area contributed by atoms with Crippen molar-refractivity contribution in [3.63, 3.8) is 0 Å². The van der Waals surface area contributed by atoms with E-state index in [4.69, 9.17) is 4.74 Å². The molecule has 0 spiro atoms. The number of halogens is 2. The van der Waals surface area contributed by atoms with E-state index in [1.54, 1.807) is 0 Å². The quantitative estimate of drug-likeness (QED) is 0.776. The zero-order valence-corrected chi connectivity index (χ0v) is 9.26. The summed E-state index contributed by atoms with van der Waals surface area (Å²) in [6, 6.07) is 1.35. The van der Waals surface area contributed by atoms with Crippen LogP contribution in [0.25, 0.3) is 0 Å². The van der Waals surface area contributed by atoms with Crippen molar-refractivity contribution in [1.82, 2.24) is 4.98 Å². The van der Waals surface area contributed by atoms with Crippen molar-refractivity contribution >= 4 is 15.9 Å². The minimum Gasteiger partial charge on any atom is -0.477 e. The van der Waals surface area contributed by atoms with Crippen LogP contribution >= 0.6 is 15.9 Å². The first-order valence-electron chi connectivity index (χ1n) is 4.63. The predicted molar refractivity (Wildman–Crippen MR) is 55.0 cm³/mol. The van der Waals surface area contributed by atoms with Crippen molar-refractivity contribution in [2.45, 2.75) is 18.2 Å².